The van der Waals surface area contributed by atoms with Crippen molar-refractivity contribution in [2.75, 3.05) is 29.0 Å². The average Bonchev–Trinajstić information content (AvgIpc) is 2.68. The molecule has 0 spiro atoms. The maximum absolute atomic E-state index is 11.8. The van der Waals surface area contributed by atoms with Gasteiger partial charge in [0, 0.05) is 19.3 Å². The van der Waals surface area contributed by atoms with Crippen molar-refractivity contribution in [1.82, 2.24) is 0 Å². The van der Waals surface area contributed by atoms with Gasteiger partial charge in [-0.25, -0.2) is 8.42 Å². The molecule has 1 aliphatic rings. The second-order valence-electron chi connectivity index (χ2n) is 4.79. The number of benzene rings is 1. The Morgan fingerprint density at radius 1 is 1.39 bits per heavy atom. The van der Waals surface area contributed by atoms with E-state index in [1.54, 1.807) is 0 Å². The van der Waals surface area contributed by atoms with Crippen LogP contribution in [0.5, 0.6) is 0 Å². The molecular formula is C13H20N2O2S. The summed E-state index contributed by atoms with van der Waals surface area (Å²) in [7, 11) is -1.17. The fourth-order valence-electron chi connectivity index (χ4n) is 2.17. The Bertz CT molecular complexity index is 526. The van der Waals surface area contributed by atoms with Crippen LogP contribution in [0, 0.1) is 0 Å². The molecule has 1 aromatic carbocycles. The largest absolute Gasteiger partial charge is 0.374 e. The van der Waals surface area contributed by atoms with Crippen molar-refractivity contribution in [3.05, 3.63) is 23.8 Å². The molecular weight excluding hydrogens is 248 g/mol. The Kier molecular flexibility index (Phi) is 3.80. The molecule has 0 atom stereocenters. The average molecular weight is 268 g/mol. The molecule has 1 aliphatic heterocycles. The van der Waals surface area contributed by atoms with Crippen LogP contribution in [0.4, 0.5) is 11.4 Å². The summed E-state index contributed by atoms with van der Waals surface area (Å²) in [4.78, 5) is 2.15. The lowest BCUT2D eigenvalue weighted by Gasteiger charge is -2.14. The Morgan fingerprint density at radius 3 is 2.89 bits per heavy atom. The molecule has 18 heavy (non-hydrogen) atoms. The Morgan fingerprint density at radius 2 is 2.17 bits per heavy atom. The lowest BCUT2D eigenvalue weighted by atomic mass is 10.1. The summed E-state index contributed by atoms with van der Waals surface area (Å²) in [6.45, 7) is 2.99. The highest BCUT2D eigenvalue weighted by molar-refractivity contribution is 7.92. The van der Waals surface area contributed by atoms with E-state index in [9.17, 15) is 8.42 Å². The highest BCUT2D eigenvalue weighted by Crippen LogP contribution is 2.29. The van der Waals surface area contributed by atoms with E-state index >= 15 is 0 Å². The van der Waals surface area contributed by atoms with Gasteiger partial charge >= 0.3 is 0 Å². The minimum absolute atomic E-state index is 0.191. The summed E-state index contributed by atoms with van der Waals surface area (Å²) >= 11 is 0. The zero-order valence-electron chi connectivity index (χ0n) is 10.9. The van der Waals surface area contributed by atoms with Crippen molar-refractivity contribution >= 4 is 21.4 Å². The molecule has 100 valence electrons. The Balaban J connectivity index is 2.13. The fourth-order valence-corrected chi connectivity index (χ4v) is 3.42. The monoisotopic (exact) mass is 268 g/mol. The molecule has 0 saturated carbocycles. The van der Waals surface area contributed by atoms with Crippen molar-refractivity contribution in [2.45, 2.75) is 26.2 Å². The van der Waals surface area contributed by atoms with E-state index in [-0.39, 0.29) is 5.75 Å². The highest BCUT2D eigenvalue weighted by Gasteiger charge is 2.17. The summed E-state index contributed by atoms with van der Waals surface area (Å²) in [6, 6.07) is 5.78. The summed E-state index contributed by atoms with van der Waals surface area (Å²) in [5, 5.41) is 0. The molecule has 0 aliphatic carbocycles. The third-order valence-electron chi connectivity index (χ3n) is 3.25. The normalized spacial score (nSPS) is 14.7. The number of anilines is 2. The Labute approximate surface area is 109 Å². The number of nitrogens with one attached hydrogen (secondary N) is 1. The summed E-state index contributed by atoms with van der Waals surface area (Å²) in [6.07, 6.45) is 2.61. The van der Waals surface area contributed by atoms with Gasteiger partial charge in [0.1, 0.15) is 0 Å². The first-order valence-corrected chi connectivity index (χ1v) is 8.01. The van der Waals surface area contributed by atoms with Gasteiger partial charge in [0.25, 0.3) is 0 Å². The van der Waals surface area contributed by atoms with E-state index < -0.39 is 10.0 Å². The summed E-state index contributed by atoms with van der Waals surface area (Å²) in [5.74, 6) is 0.191. The summed E-state index contributed by atoms with van der Waals surface area (Å²) in [5.41, 5.74) is 3.08. The first-order chi connectivity index (χ1) is 8.52. The number of sulfonamides is 1. The molecule has 0 amide bonds. The molecule has 4 nitrogen and oxygen atoms in total. The molecule has 1 N–H and O–H groups in total. The number of rotatable bonds is 5. The van der Waals surface area contributed by atoms with Gasteiger partial charge in [-0.1, -0.05) is 19.4 Å². The highest BCUT2D eigenvalue weighted by atomic mass is 32.2. The third kappa shape index (κ3) is 2.96. The lowest BCUT2D eigenvalue weighted by molar-refractivity contribution is 0.598. The standard InChI is InChI=1S/C13H20N2O2S/c1-3-4-9-18(16,17)14-12-6-5-11-7-8-15(2)13(11)10-12/h5-6,10,14H,3-4,7-9H2,1-2H3. The van der Waals surface area contributed by atoms with E-state index in [1.807, 2.05) is 32.2 Å². The smallest absolute Gasteiger partial charge is 0.232 e. The van der Waals surface area contributed by atoms with Crippen molar-refractivity contribution in [3.63, 3.8) is 0 Å². The second-order valence-corrected chi connectivity index (χ2v) is 6.63. The number of fused-ring (bicyclic) bond motifs is 1. The van der Waals surface area contributed by atoms with Crippen LogP contribution < -0.4 is 9.62 Å². The third-order valence-corrected chi connectivity index (χ3v) is 4.63. The molecule has 1 aromatic rings. The number of likely N-dealkylation sites (N-methyl/N-ethyl adjacent to an activating group) is 1. The second kappa shape index (κ2) is 5.18. The van der Waals surface area contributed by atoms with Crippen molar-refractivity contribution < 1.29 is 8.42 Å². The minimum atomic E-state index is -3.20. The van der Waals surface area contributed by atoms with Crippen LogP contribution in [0.1, 0.15) is 25.3 Å². The maximum atomic E-state index is 11.8. The van der Waals surface area contributed by atoms with Crippen molar-refractivity contribution in [3.8, 4) is 0 Å². The van der Waals surface area contributed by atoms with Gasteiger partial charge in [0.05, 0.1) is 11.4 Å². The first-order valence-electron chi connectivity index (χ1n) is 6.36. The van der Waals surface area contributed by atoms with E-state index in [0.717, 1.165) is 25.1 Å². The molecule has 1 heterocycles. The molecule has 0 radical (unpaired) electrons. The Hall–Kier alpha value is -1.23. The van der Waals surface area contributed by atoms with E-state index in [1.165, 1.54) is 5.56 Å². The zero-order chi connectivity index (χ0) is 13.2. The maximum Gasteiger partial charge on any atom is 0.232 e. The fraction of sp³-hybridized carbons (Fsp3) is 0.538. The van der Waals surface area contributed by atoms with Gasteiger partial charge < -0.3 is 4.90 Å². The molecule has 0 unspecified atom stereocenters. The number of unbranched alkanes of at least 4 members (excludes halogenated alkanes) is 1. The zero-order valence-corrected chi connectivity index (χ0v) is 11.8. The SMILES string of the molecule is CCCCS(=O)(=O)Nc1ccc2c(c1)N(C)CC2. The molecule has 0 fully saturated rings. The van der Waals surface area contributed by atoms with Crippen LogP contribution >= 0.6 is 0 Å². The van der Waals surface area contributed by atoms with Crippen LogP contribution in [0.3, 0.4) is 0 Å². The summed E-state index contributed by atoms with van der Waals surface area (Å²) < 4.78 is 26.3. The van der Waals surface area contributed by atoms with Crippen LogP contribution in [0.15, 0.2) is 18.2 Å². The molecule has 5 heteroatoms. The molecule has 0 bridgehead atoms. The van der Waals surface area contributed by atoms with Crippen LogP contribution in [0.25, 0.3) is 0 Å². The number of hydrogen-bond acceptors (Lipinski definition) is 3. The molecule has 2 rings (SSSR count). The van der Waals surface area contributed by atoms with Gasteiger partial charge in [-0.3, -0.25) is 4.72 Å². The van der Waals surface area contributed by atoms with Crippen molar-refractivity contribution in [2.24, 2.45) is 0 Å². The number of nitrogens with zero attached hydrogens (tertiary/aromatic N) is 1. The van der Waals surface area contributed by atoms with Crippen LogP contribution in [-0.2, 0) is 16.4 Å². The van der Waals surface area contributed by atoms with E-state index in [4.69, 9.17) is 0 Å². The minimum Gasteiger partial charge on any atom is -0.374 e. The molecule has 0 saturated heterocycles. The predicted molar refractivity (Wildman–Crippen MR) is 75.7 cm³/mol. The topological polar surface area (TPSA) is 49.4 Å². The van der Waals surface area contributed by atoms with Gasteiger partial charge in [-0.05, 0) is 30.5 Å². The van der Waals surface area contributed by atoms with Crippen LogP contribution in [0.2, 0.25) is 0 Å². The van der Waals surface area contributed by atoms with Gasteiger partial charge in [0.2, 0.25) is 10.0 Å². The quantitative estimate of drug-likeness (QED) is 0.891. The predicted octanol–water partition coefficient (Wildman–Crippen LogP) is 2.22. The van der Waals surface area contributed by atoms with Crippen molar-refractivity contribution in [1.29, 1.82) is 0 Å². The number of hydrogen-bond donors (Lipinski definition) is 1. The first kappa shape index (κ1) is 13.2. The van der Waals surface area contributed by atoms with E-state index in [2.05, 4.69) is 9.62 Å². The van der Waals surface area contributed by atoms with Gasteiger partial charge in [-0.15, -0.1) is 0 Å². The van der Waals surface area contributed by atoms with Crippen LogP contribution in [-0.4, -0.2) is 27.8 Å². The van der Waals surface area contributed by atoms with Gasteiger partial charge in [-0.2, -0.15) is 0 Å². The van der Waals surface area contributed by atoms with E-state index in [0.29, 0.717) is 12.1 Å². The lowest BCUT2D eigenvalue weighted by Crippen LogP contribution is -2.17. The van der Waals surface area contributed by atoms with Gasteiger partial charge in [0.15, 0.2) is 0 Å². The molecule has 0 aromatic heterocycles.